The van der Waals surface area contributed by atoms with Crippen LogP contribution in [0, 0.1) is 12.3 Å². The van der Waals surface area contributed by atoms with Crippen LogP contribution in [0.3, 0.4) is 0 Å². The van der Waals surface area contributed by atoms with Gasteiger partial charge >= 0.3 is 0 Å². The fourth-order valence-corrected chi connectivity index (χ4v) is 2.09. The number of nitrogens with one attached hydrogen (secondary N) is 1. The van der Waals surface area contributed by atoms with Gasteiger partial charge in [-0.3, -0.25) is 0 Å². The molecule has 2 saturated carbocycles. The third-order valence-corrected chi connectivity index (χ3v) is 4.07. The Morgan fingerprint density at radius 3 is 2.67 bits per heavy atom. The van der Waals surface area contributed by atoms with Crippen molar-refractivity contribution >= 4 is 11.6 Å². The highest BCUT2D eigenvalue weighted by atomic mass is 16.3. The van der Waals surface area contributed by atoms with Gasteiger partial charge in [-0.15, -0.1) is 0 Å². The number of aliphatic hydroxyl groups is 1. The van der Waals surface area contributed by atoms with Crippen molar-refractivity contribution in [3.63, 3.8) is 0 Å². The topological polar surface area (TPSA) is 84.1 Å². The molecule has 4 N–H and O–H groups in total. The van der Waals surface area contributed by atoms with Gasteiger partial charge in [-0.2, -0.15) is 0 Å². The van der Waals surface area contributed by atoms with Crippen molar-refractivity contribution in [3.05, 3.63) is 11.4 Å². The molecule has 18 heavy (non-hydrogen) atoms. The molecule has 1 aromatic heterocycles. The largest absolute Gasteiger partial charge is 0.396 e. The molecule has 0 atom stereocenters. The van der Waals surface area contributed by atoms with E-state index in [-0.39, 0.29) is 12.0 Å². The standard InChI is InChI=1S/C13H20N4O/c1-8-10(14)16-12(9-2-3-9)17-11(8)15-6-13(7-18)4-5-13/h9,18H,2-7H2,1H3,(H3,14,15,16,17). The van der Waals surface area contributed by atoms with E-state index in [4.69, 9.17) is 5.73 Å². The molecular weight excluding hydrogens is 228 g/mol. The summed E-state index contributed by atoms with van der Waals surface area (Å²) in [5.41, 5.74) is 6.92. The Labute approximate surface area is 107 Å². The predicted octanol–water partition coefficient (Wildman–Crippen LogP) is 1.43. The summed E-state index contributed by atoms with van der Waals surface area (Å²) in [6, 6.07) is 0. The first-order valence-electron chi connectivity index (χ1n) is 6.62. The Bertz CT molecular complexity index is 466. The molecular formula is C13H20N4O. The SMILES string of the molecule is Cc1c(N)nc(C2CC2)nc1NCC1(CO)CC1. The Hall–Kier alpha value is -1.36. The monoisotopic (exact) mass is 248 g/mol. The molecule has 0 aromatic carbocycles. The normalized spacial score (nSPS) is 20.8. The lowest BCUT2D eigenvalue weighted by molar-refractivity contribution is 0.219. The molecule has 98 valence electrons. The van der Waals surface area contributed by atoms with Crippen LogP contribution < -0.4 is 11.1 Å². The van der Waals surface area contributed by atoms with Crippen LogP contribution in [-0.2, 0) is 0 Å². The third-order valence-electron chi connectivity index (χ3n) is 4.07. The molecule has 3 rings (SSSR count). The molecule has 1 aromatic rings. The highest BCUT2D eigenvalue weighted by molar-refractivity contribution is 5.55. The van der Waals surface area contributed by atoms with Crippen molar-refractivity contribution < 1.29 is 5.11 Å². The number of hydrogen-bond donors (Lipinski definition) is 3. The smallest absolute Gasteiger partial charge is 0.136 e. The Morgan fingerprint density at radius 1 is 1.39 bits per heavy atom. The summed E-state index contributed by atoms with van der Waals surface area (Å²) >= 11 is 0. The van der Waals surface area contributed by atoms with Crippen molar-refractivity contribution in [2.45, 2.75) is 38.5 Å². The Balaban J connectivity index is 1.77. The maximum absolute atomic E-state index is 9.31. The summed E-state index contributed by atoms with van der Waals surface area (Å²) in [5, 5.41) is 12.7. The summed E-state index contributed by atoms with van der Waals surface area (Å²) in [6.07, 6.45) is 4.52. The second-order valence-electron chi connectivity index (χ2n) is 5.73. The van der Waals surface area contributed by atoms with E-state index in [0.29, 0.717) is 11.7 Å². The number of aromatic nitrogens is 2. The van der Waals surface area contributed by atoms with Crippen LogP contribution in [0.2, 0.25) is 0 Å². The molecule has 0 radical (unpaired) electrons. The average molecular weight is 248 g/mol. The van der Waals surface area contributed by atoms with E-state index in [2.05, 4.69) is 15.3 Å². The lowest BCUT2D eigenvalue weighted by Gasteiger charge is -2.16. The van der Waals surface area contributed by atoms with E-state index < -0.39 is 0 Å². The number of hydrogen-bond acceptors (Lipinski definition) is 5. The number of nitrogens with two attached hydrogens (primary N) is 1. The third kappa shape index (κ3) is 2.14. The fourth-order valence-electron chi connectivity index (χ4n) is 2.09. The van der Waals surface area contributed by atoms with Gasteiger partial charge in [0.25, 0.3) is 0 Å². The van der Waals surface area contributed by atoms with Crippen LogP contribution in [-0.4, -0.2) is 28.2 Å². The lowest BCUT2D eigenvalue weighted by Crippen LogP contribution is -2.21. The van der Waals surface area contributed by atoms with Gasteiger partial charge in [0.15, 0.2) is 0 Å². The van der Waals surface area contributed by atoms with E-state index >= 15 is 0 Å². The highest BCUT2D eigenvalue weighted by Crippen LogP contribution is 2.45. The molecule has 0 bridgehead atoms. The maximum Gasteiger partial charge on any atom is 0.136 e. The molecule has 0 aliphatic heterocycles. The number of nitrogens with zero attached hydrogens (tertiary/aromatic N) is 2. The van der Waals surface area contributed by atoms with Gasteiger partial charge in [-0.05, 0) is 32.6 Å². The predicted molar refractivity (Wildman–Crippen MR) is 70.4 cm³/mol. The molecule has 0 spiro atoms. The van der Waals surface area contributed by atoms with Gasteiger partial charge in [0.1, 0.15) is 17.5 Å². The zero-order valence-electron chi connectivity index (χ0n) is 10.7. The van der Waals surface area contributed by atoms with Crippen molar-refractivity contribution in [1.82, 2.24) is 9.97 Å². The first-order valence-corrected chi connectivity index (χ1v) is 6.62. The Kier molecular flexibility index (Phi) is 2.66. The number of nitrogen functional groups attached to an aromatic ring is 1. The van der Waals surface area contributed by atoms with Crippen LogP contribution in [0.25, 0.3) is 0 Å². The summed E-state index contributed by atoms with van der Waals surface area (Å²) in [6.45, 7) is 2.95. The molecule has 0 unspecified atom stereocenters. The molecule has 0 saturated heterocycles. The summed E-state index contributed by atoms with van der Waals surface area (Å²) in [5.74, 6) is 2.78. The minimum atomic E-state index is 0.0753. The average Bonchev–Trinajstić information content (AvgIpc) is 3.26. The maximum atomic E-state index is 9.31. The van der Waals surface area contributed by atoms with Gasteiger partial charge in [0.2, 0.25) is 0 Å². The van der Waals surface area contributed by atoms with Crippen LogP contribution in [0.15, 0.2) is 0 Å². The first-order chi connectivity index (χ1) is 8.63. The summed E-state index contributed by atoms with van der Waals surface area (Å²) in [4.78, 5) is 8.93. The van der Waals surface area contributed by atoms with Gasteiger partial charge in [0, 0.05) is 23.4 Å². The molecule has 2 aliphatic carbocycles. The summed E-state index contributed by atoms with van der Waals surface area (Å²) in [7, 11) is 0. The number of rotatable bonds is 5. The van der Waals surface area contributed by atoms with Crippen LogP contribution in [0.1, 0.15) is 43.0 Å². The molecule has 2 aliphatic rings. The van der Waals surface area contributed by atoms with Gasteiger partial charge in [-0.25, -0.2) is 9.97 Å². The molecule has 5 nitrogen and oxygen atoms in total. The second-order valence-corrected chi connectivity index (χ2v) is 5.73. The van der Waals surface area contributed by atoms with E-state index in [0.717, 1.165) is 36.6 Å². The molecule has 2 fully saturated rings. The molecule has 1 heterocycles. The number of aliphatic hydroxyl groups excluding tert-OH is 1. The number of anilines is 2. The minimum absolute atomic E-state index is 0.0753. The van der Waals surface area contributed by atoms with Crippen molar-refractivity contribution in [3.8, 4) is 0 Å². The minimum Gasteiger partial charge on any atom is -0.396 e. The van der Waals surface area contributed by atoms with E-state index in [1.807, 2.05) is 6.92 Å². The first kappa shape index (κ1) is 11.7. The lowest BCUT2D eigenvalue weighted by atomic mass is 10.1. The quantitative estimate of drug-likeness (QED) is 0.734. The highest BCUT2D eigenvalue weighted by Gasteiger charge is 2.42. The zero-order valence-corrected chi connectivity index (χ0v) is 10.7. The van der Waals surface area contributed by atoms with Gasteiger partial charge < -0.3 is 16.2 Å². The molecule has 0 amide bonds. The van der Waals surface area contributed by atoms with Crippen molar-refractivity contribution in [2.24, 2.45) is 5.41 Å². The van der Waals surface area contributed by atoms with Crippen LogP contribution in [0.4, 0.5) is 11.6 Å². The van der Waals surface area contributed by atoms with E-state index in [9.17, 15) is 5.11 Å². The van der Waals surface area contributed by atoms with Crippen LogP contribution >= 0.6 is 0 Å². The van der Waals surface area contributed by atoms with E-state index in [1.54, 1.807) is 0 Å². The zero-order chi connectivity index (χ0) is 12.8. The van der Waals surface area contributed by atoms with Gasteiger partial charge in [-0.1, -0.05) is 0 Å². The van der Waals surface area contributed by atoms with Crippen molar-refractivity contribution in [1.29, 1.82) is 0 Å². The van der Waals surface area contributed by atoms with Crippen molar-refractivity contribution in [2.75, 3.05) is 24.2 Å². The fraction of sp³-hybridized carbons (Fsp3) is 0.692. The van der Waals surface area contributed by atoms with Crippen LogP contribution in [0.5, 0.6) is 0 Å². The second kappa shape index (κ2) is 4.09. The summed E-state index contributed by atoms with van der Waals surface area (Å²) < 4.78 is 0. The van der Waals surface area contributed by atoms with Gasteiger partial charge in [0.05, 0.1) is 6.61 Å². The molecule has 5 heteroatoms. The Morgan fingerprint density at radius 2 is 2.11 bits per heavy atom. The van der Waals surface area contributed by atoms with E-state index in [1.165, 1.54) is 12.8 Å².